The van der Waals surface area contributed by atoms with Crippen molar-refractivity contribution < 1.29 is 4.42 Å². The summed E-state index contributed by atoms with van der Waals surface area (Å²) in [5, 5.41) is 6.27. The largest absolute Gasteiger partial charge is 0.423 e. The van der Waals surface area contributed by atoms with Gasteiger partial charge in [-0.1, -0.05) is 19.1 Å². The highest BCUT2D eigenvalue weighted by molar-refractivity contribution is 5.79. The number of hydrogen-bond donors (Lipinski definition) is 2. The predicted octanol–water partition coefficient (Wildman–Crippen LogP) is 4.18. The first kappa shape index (κ1) is 12.5. The summed E-state index contributed by atoms with van der Waals surface area (Å²) in [6.45, 7) is 2.14. The van der Waals surface area contributed by atoms with E-state index in [1.807, 2.05) is 37.4 Å². The van der Waals surface area contributed by atoms with E-state index in [1.54, 1.807) is 0 Å². The number of fused-ring (bicyclic) bond motifs is 1. The molecule has 0 saturated heterocycles. The summed E-state index contributed by atoms with van der Waals surface area (Å²) in [5.74, 6) is 0. The molecule has 0 amide bonds. The minimum absolute atomic E-state index is 0.512. The van der Waals surface area contributed by atoms with Gasteiger partial charge in [0, 0.05) is 18.4 Å². The Hall–Kier alpha value is -2.49. The Labute approximate surface area is 117 Å². The van der Waals surface area contributed by atoms with Crippen molar-refractivity contribution in [1.82, 2.24) is 4.98 Å². The zero-order valence-electron chi connectivity index (χ0n) is 11.6. The summed E-state index contributed by atoms with van der Waals surface area (Å²) in [7, 11) is 1.88. The van der Waals surface area contributed by atoms with Gasteiger partial charge in [0.15, 0.2) is 5.58 Å². The highest BCUT2D eigenvalue weighted by Gasteiger charge is 2.06. The summed E-state index contributed by atoms with van der Waals surface area (Å²) in [4.78, 5) is 4.44. The molecule has 4 heteroatoms. The van der Waals surface area contributed by atoms with Crippen molar-refractivity contribution in [3.63, 3.8) is 0 Å². The maximum absolute atomic E-state index is 5.68. The standard InChI is InChI=1S/C16H17N3O/c1-3-11-4-6-12(7-5-11)18-16-19-14-10-13(17-2)8-9-15(14)20-16/h4-10,17H,3H2,1-2H3,(H,18,19). The van der Waals surface area contributed by atoms with E-state index in [4.69, 9.17) is 4.42 Å². The van der Waals surface area contributed by atoms with E-state index in [9.17, 15) is 0 Å². The fraction of sp³-hybridized carbons (Fsp3) is 0.188. The van der Waals surface area contributed by atoms with Gasteiger partial charge in [0.25, 0.3) is 6.01 Å². The molecule has 0 bridgehead atoms. The lowest BCUT2D eigenvalue weighted by Crippen LogP contribution is -1.90. The molecule has 2 N–H and O–H groups in total. The molecule has 0 aliphatic rings. The van der Waals surface area contributed by atoms with E-state index in [2.05, 4.69) is 34.7 Å². The molecular weight excluding hydrogens is 250 g/mol. The van der Waals surface area contributed by atoms with Gasteiger partial charge >= 0.3 is 0 Å². The Balaban J connectivity index is 1.86. The Morgan fingerprint density at radius 3 is 2.50 bits per heavy atom. The van der Waals surface area contributed by atoms with Crippen LogP contribution in [0.25, 0.3) is 11.1 Å². The third-order valence-electron chi connectivity index (χ3n) is 3.29. The first-order valence-corrected chi connectivity index (χ1v) is 6.73. The Bertz CT molecular complexity index is 716. The molecule has 0 aliphatic heterocycles. The third kappa shape index (κ3) is 2.45. The SMILES string of the molecule is CCc1ccc(Nc2nc3cc(NC)ccc3o2)cc1. The summed E-state index contributed by atoms with van der Waals surface area (Å²) in [5.41, 5.74) is 4.92. The van der Waals surface area contributed by atoms with Gasteiger partial charge in [-0.05, 0) is 42.3 Å². The quantitative estimate of drug-likeness (QED) is 0.744. The van der Waals surface area contributed by atoms with Crippen molar-refractivity contribution >= 4 is 28.5 Å². The molecule has 3 rings (SSSR count). The molecule has 4 nitrogen and oxygen atoms in total. The summed E-state index contributed by atoms with van der Waals surface area (Å²) in [6, 6.07) is 14.6. The number of anilines is 3. The van der Waals surface area contributed by atoms with E-state index in [0.717, 1.165) is 28.9 Å². The molecule has 0 saturated carbocycles. The number of aryl methyl sites for hydroxylation is 1. The summed E-state index contributed by atoms with van der Waals surface area (Å²) < 4.78 is 5.68. The van der Waals surface area contributed by atoms with Gasteiger partial charge < -0.3 is 15.1 Å². The Morgan fingerprint density at radius 2 is 1.80 bits per heavy atom. The molecular formula is C16H17N3O. The van der Waals surface area contributed by atoms with Gasteiger partial charge in [-0.25, -0.2) is 0 Å². The molecule has 0 fully saturated rings. The number of nitrogens with zero attached hydrogens (tertiary/aromatic N) is 1. The first-order valence-electron chi connectivity index (χ1n) is 6.73. The van der Waals surface area contributed by atoms with E-state index < -0.39 is 0 Å². The zero-order valence-corrected chi connectivity index (χ0v) is 11.6. The van der Waals surface area contributed by atoms with Gasteiger partial charge in [0.2, 0.25) is 0 Å². The van der Waals surface area contributed by atoms with E-state index in [-0.39, 0.29) is 0 Å². The fourth-order valence-electron chi connectivity index (χ4n) is 2.08. The molecule has 2 aromatic carbocycles. The zero-order chi connectivity index (χ0) is 13.9. The summed E-state index contributed by atoms with van der Waals surface area (Å²) in [6.07, 6.45) is 1.04. The van der Waals surface area contributed by atoms with Crippen LogP contribution < -0.4 is 10.6 Å². The number of oxazole rings is 1. The number of rotatable bonds is 4. The topological polar surface area (TPSA) is 50.1 Å². The van der Waals surface area contributed by atoms with E-state index >= 15 is 0 Å². The molecule has 0 radical (unpaired) electrons. The van der Waals surface area contributed by atoms with Crippen LogP contribution in [0, 0.1) is 0 Å². The number of nitrogens with one attached hydrogen (secondary N) is 2. The molecule has 102 valence electrons. The second-order valence-electron chi connectivity index (χ2n) is 4.63. The molecule has 0 atom stereocenters. The lowest BCUT2D eigenvalue weighted by Gasteiger charge is -2.02. The van der Waals surface area contributed by atoms with Gasteiger partial charge in [-0.2, -0.15) is 4.98 Å². The first-order chi connectivity index (χ1) is 9.78. The Kier molecular flexibility index (Phi) is 3.29. The van der Waals surface area contributed by atoms with Gasteiger partial charge in [0.05, 0.1) is 0 Å². The Morgan fingerprint density at radius 1 is 1.05 bits per heavy atom. The third-order valence-corrected chi connectivity index (χ3v) is 3.29. The molecule has 3 aromatic rings. The van der Waals surface area contributed by atoms with Gasteiger partial charge in [0.1, 0.15) is 5.52 Å². The molecule has 0 aliphatic carbocycles. The van der Waals surface area contributed by atoms with Crippen LogP contribution in [-0.4, -0.2) is 12.0 Å². The van der Waals surface area contributed by atoms with Crippen LogP contribution in [0.15, 0.2) is 46.9 Å². The van der Waals surface area contributed by atoms with Crippen LogP contribution in [0.4, 0.5) is 17.4 Å². The van der Waals surface area contributed by atoms with Crippen LogP contribution >= 0.6 is 0 Å². The van der Waals surface area contributed by atoms with E-state index in [0.29, 0.717) is 6.01 Å². The van der Waals surface area contributed by atoms with Crippen LogP contribution in [0.1, 0.15) is 12.5 Å². The molecule has 1 heterocycles. The minimum atomic E-state index is 0.512. The molecule has 1 aromatic heterocycles. The highest BCUT2D eigenvalue weighted by atomic mass is 16.4. The second-order valence-corrected chi connectivity index (χ2v) is 4.63. The van der Waals surface area contributed by atoms with Crippen LogP contribution in [-0.2, 0) is 6.42 Å². The van der Waals surface area contributed by atoms with Crippen molar-refractivity contribution in [3.8, 4) is 0 Å². The van der Waals surface area contributed by atoms with Crippen molar-refractivity contribution in [2.24, 2.45) is 0 Å². The smallest absolute Gasteiger partial charge is 0.300 e. The lowest BCUT2D eigenvalue weighted by atomic mass is 10.1. The average molecular weight is 267 g/mol. The highest BCUT2D eigenvalue weighted by Crippen LogP contribution is 2.24. The average Bonchev–Trinajstić information content (AvgIpc) is 2.89. The maximum Gasteiger partial charge on any atom is 0.300 e. The maximum atomic E-state index is 5.68. The van der Waals surface area contributed by atoms with Crippen molar-refractivity contribution in [2.45, 2.75) is 13.3 Å². The number of benzene rings is 2. The van der Waals surface area contributed by atoms with Gasteiger partial charge in [-0.15, -0.1) is 0 Å². The fourth-order valence-corrected chi connectivity index (χ4v) is 2.08. The summed E-state index contributed by atoms with van der Waals surface area (Å²) >= 11 is 0. The van der Waals surface area contributed by atoms with Crippen molar-refractivity contribution in [1.29, 1.82) is 0 Å². The van der Waals surface area contributed by atoms with Crippen LogP contribution in [0.5, 0.6) is 0 Å². The van der Waals surface area contributed by atoms with Gasteiger partial charge in [-0.3, -0.25) is 0 Å². The number of hydrogen-bond acceptors (Lipinski definition) is 4. The second kappa shape index (κ2) is 5.25. The lowest BCUT2D eigenvalue weighted by molar-refractivity contribution is 0.623. The number of aromatic nitrogens is 1. The van der Waals surface area contributed by atoms with Crippen molar-refractivity contribution in [2.75, 3.05) is 17.7 Å². The molecule has 0 spiro atoms. The predicted molar refractivity (Wildman–Crippen MR) is 82.7 cm³/mol. The van der Waals surface area contributed by atoms with Crippen LogP contribution in [0.3, 0.4) is 0 Å². The minimum Gasteiger partial charge on any atom is -0.423 e. The van der Waals surface area contributed by atoms with Crippen LogP contribution in [0.2, 0.25) is 0 Å². The molecule has 0 unspecified atom stereocenters. The van der Waals surface area contributed by atoms with Crippen molar-refractivity contribution in [3.05, 3.63) is 48.0 Å². The van der Waals surface area contributed by atoms with E-state index in [1.165, 1.54) is 5.56 Å². The normalized spacial score (nSPS) is 10.7. The monoisotopic (exact) mass is 267 g/mol. The molecule has 20 heavy (non-hydrogen) atoms.